The van der Waals surface area contributed by atoms with Crippen molar-refractivity contribution in [1.82, 2.24) is 20.1 Å². The topological polar surface area (TPSA) is 70.8 Å². The highest BCUT2D eigenvalue weighted by Gasteiger charge is 2.19. The van der Waals surface area contributed by atoms with Crippen molar-refractivity contribution in [3.8, 4) is 0 Å². The molecule has 0 unspecified atom stereocenters. The van der Waals surface area contributed by atoms with E-state index in [1.165, 1.54) is 17.4 Å². The molecule has 0 spiro atoms. The van der Waals surface area contributed by atoms with E-state index in [0.717, 1.165) is 51.5 Å². The summed E-state index contributed by atoms with van der Waals surface area (Å²) in [6.45, 7) is 10.7. The molecule has 1 atom stereocenters. The van der Waals surface area contributed by atoms with Crippen molar-refractivity contribution in [2.24, 2.45) is 0 Å². The number of rotatable bonds is 10. The number of ether oxygens (including phenoxy) is 1. The molecule has 0 radical (unpaired) electrons. The standard InChI is InChI=1S/C27H34N4O3/c1-21-7-6-8-23(17-21)18-31(12-11-30-13-15-33-16-14-30)19-26-29-25(20-34-26)27(32)28-22(2)24-9-4-3-5-10-24/h3-10,17,20,22H,11-16,18-19H2,1-2H3,(H,28,32)/t22-/m0/s1. The predicted molar refractivity (Wildman–Crippen MR) is 131 cm³/mol. The number of nitrogens with zero attached hydrogens (tertiary/aromatic N) is 3. The quantitative estimate of drug-likeness (QED) is 0.494. The van der Waals surface area contributed by atoms with Crippen molar-refractivity contribution in [3.63, 3.8) is 0 Å². The maximum Gasteiger partial charge on any atom is 0.273 e. The largest absolute Gasteiger partial charge is 0.447 e. The van der Waals surface area contributed by atoms with Crippen LogP contribution in [0.2, 0.25) is 0 Å². The molecule has 34 heavy (non-hydrogen) atoms. The summed E-state index contributed by atoms with van der Waals surface area (Å²) in [6.07, 6.45) is 1.45. The van der Waals surface area contributed by atoms with Crippen LogP contribution in [0, 0.1) is 6.92 Å². The molecule has 7 nitrogen and oxygen atoms in total. The zero-order valence-electron chi connectivity index (χ0n) is 20.1. The third-order valence-electron chi connectivity index (χ3n) is 6.12. The van der Waals surface area contributed by atoms with Gasteiger partial charge in [-0.3, -0.25) is 14.6 Å². The summed E-state index contributed by atoms with van der Waals surface area (Å²) in [5, 5.41) is 3.00. The number of aromatic nitrogens is 1. The second kappa shape index (κ2) is 11.9. The number of carbonyl (C=O) groups excluding carboxylic acids is 1. The summed E-state index contributed by atoms with van der Waals surface area (Å²) in [7, 11) is 0. The van der Waals surface area contributed by atoms with E-state index in [-0.39, 0.29) is 11.9 Å². The Morgan fingerprint density at radius 3 is 2.68 bits per heavy atom. The Kier molecular flexibility index (Phi) is 8.46. The van der Waals surface area contributed by atoms with Gasteiger partial charge in [0.05, 0.1) is 25.8 Å². The molecule has 0 aliphatic carbocycles. The van der Waals surface area contributed by atoms with Gasteiger partial charge in [-0.15, -0.1) is 0 Å². The molecule has 1 aromatic heterocycles. The smallest absolute Gasteiger partial charge is 0.273 e. The summed E-state index contributed by atoms with van der Waals surface area (Å²) < 4.78 is 11.2. The molecule has 1 N–H and O–H groups in total. The molecule has 1 aliphatic heterocycles. The third-order valence-corrected chi connectivity index (χ3v) is 6.12. The van der Waals surface area contributed by atoms with Crippen molar-refractivity contribution in [1.29, 1.82) is 0 Å². The van der Waals surface area contributed by atoms with E-state index in [2.05, 4.69) is 51.3 Å². The van der Waals surface area contributed by atoms with E-state index in [9.17, 15) is 4.79 Å². The van der Waals surface area contributed by atoms with Crippen molar-refractivity contribution in [2.45, 2.75) is 33.0 Å². The molecule has 1 saturated heterocycles. The normalized spacial score (nSPS) is 15.4. The van der Waals surface area contributed by atoms with Crippen LogP contribution < -0.4 is 5.32 Å². The molecule has 0 saturated carbocycles. The first-order valence-electron chi connectivity index (χ1n) is 11.9. The molecule has 7 heteroatoms. The maximum absolute atomic E-state index is 12.7. The molecule has 0 bridgehead atoms. The van der Waals surface area contributed by atoms with Crippen molar-refractivity contribution < 1.29 is 13.9 Å². The Bertz CT molecular complexity index is 1050. The molecular formula is C27H34N4O3. The molecule has 3 aromatic rings. The lowest BCUT2D eigenvalue weighted by Crippen LogP contribution is -2.41. The lowest BCUT2D eigenvalue weighted by Gasteiger charge is -2.29. The van der Waals surface area contributed by atoms with Gasteiger partial charge in [0, 0.05) is 32.7 Å². The minimum absolute atomic E-state index is 0.111. The number of morpholine rings is 1. The lowest BCUT2D eigenvalue weighted by molar-refractivity contribution is 0.0320. The first-order valence-corrected chi connectivity index (χ1v) is 11.9. The number of hydrogen-bond donors (Lipinski definition) is 1. The van der Waals surface area contributed by atoms with Crippen molar-refractivity contribution in [2.75, 3.05) is 39.4 Å². The summed E-state index contributed by atoms with van der Waals surface area (Å²) >= 11 is 0. The van der Waals surface area contributed by atoms with E-state index in [4.69, 9.17) is 9.15 Å². The van der Waals surface area contributed by atoms with Crippen LogP contribution in [0.5, 0.6) is 0 Å². The Balaban J connectivity index is 1.39. The minimum atomic E-state index is -0.232. The molecule has 2 aromatic carbocycles. The van der Waals surface area contributed by atoms with Gasteiger partial charge in [0.2, 0.25) is 5.89 Å². The molecule has 180 valence electrons. The second-order valence-corrected chi connectivity index (χ2v) is 8.89. The van der Waals surface area contributed by atoms with Gasteiger partial charge in [0.25, 0.3) is 5.91 Å². The molecule has 2 heterocycles. The number of carbonyl (C=O) groups is 1. The van der Waals surface area contributed by atoms with Gasteiger partial charge in [-0.25, -0.2) is 4.98 Å². The van der Waals surface area contributed by atoms with Gasteiger partial charge in [-0.2, -0.15) is 0 Å². The van der Waals surface area contributed by atoms with E-state index >= 15 is 0 Å². The molecule has 4 rings (SSSR count). The van der Waals surface area contributed by atoms with Crippen LogP contribution in [0.25, 0.3) is 0 Å². The summed E-state index contributed by atoms with van der Waals surface area (Å²) in [4.78, 5) is 22.0. The highest BCUT2D eigenvalue weighted by molar-refractivity contribution is 5.92. The van der Waals surface area contributed by atoms with Crippen molar-refractivity contribution >= 4 is 5.91 Å². The average Bonchev–Trinajstić information content (AvgIpc) is 3.32. The molecule has 1 amide bonds. The molecule has 1 aliphatic rings. The molecular weight excluding hydrogens is 428 g/mol. The predicted octanol–water partition coefficient (Wildman–Crippen LogP) is 3.81. The third kappa shape index (κ3) is 7.00. The van der Waals surface area contributed by atoms with Gasteiger partial charge in [0.15, 0.2) is 5.69 Å². The monoisotopic (exact) mass is 462 g/mol. The van der Waals surface area contributed by atoms with Crippen LogP contribution in [0.15, 0.2) is 65.3 Å². The summed E-state index contributed by atoms with van der Waals surface area (Å²) in [6, 6.07) is 18.3. The minimum Gasteiger partial charge on any atom is -0.447 e. The number of aryl methyl sites for hydroxylation is 1. The Morgan fingerprint density at radius 2 is 1.91 bits per heavy atom. The fourth-order valence-electron chi connectivity index (χ4n) is 4.17. The van der Waals surface area contributed by atoms with Gasteiger partial charge in [0.1, 0.15) is 6.26 Å². The number of benzene rings is 2. The van der Waals surface area contributed by atoms with Crippen LogP contribution in [0.1, 0.15) is 46.0 Å². The summed E-state index contributed by atoms with van der Waals surface area (Å²) in [5.74, 6) is 0.317. The Morgan fingerprint density at radius 1 is 1.12 bits per heavy atom. The second-order valence-electron chi connectivity index (χ2n) is 8.89. The maximum atomic E-state index is 12.7. The van der Waals surface area contributed by atoms with Crippen LogP contribution >= 0.6 is 0 Å². The van der Waals surface area contributed by atoms with E-state index in [1.54, 1.807) is 0 Å². The number of amides is 1. The fourth-order valence-corrected chi connectivity index (χ4v) is 4.17. The SMILES string of the molecule is Cc1cccc(CN(CCN2CCOCC2)Cc2nc(C(=O)N[C@@H](C)c3ccccc3)co2)c1. The van der Waals surface area contributed by atoms with Gasteiger partial charge >= 0.3 is 0 Å². The highest BCUT2D eigenvalue weighted by Crippen LogP contribution is 2.15. The number of nitrogens with one attached hydrogen (secondary N) is 1. The highest BCUT2D eigenvalue weighted by atomic mass is 16.5. The van der Waals surface area contributed by atoms with Crippen LogP contribution in [0.3, 0.4) is 0 Å². The van der Waals surface area contributed by atoms with Gasteiger partial charge in [-0.1, -0.05) is 60.2 Å². The van der Waals surface area contributed by atoms with E-state index < -0.39 is 0 Å². The zero-order valence-corrected chi connectivity index (χ0v) is 20.1. The fraction of sp³-hybridized carbons (Fsp3) is 0.407. The number of oxazole rings is 1. The van der Waals surface area contributed by atoms with E-state index in [1.807, 2.05) is 37.3 Å². The van der Waals surface area contributed by atoms with Crippen LogP contribution in [-0.4, -0.2) is 60.1 Å². The zero-order chi connectivity index (χ0) is 23.8. The van der Waals surface area contributed by atoms with Crippen LogP contribution in [-0.2, 0) is 17.8 Å². The first kappa shape index (κ1) is 24.1. The Labute approximate surface area is 201 Å². The average molecular weight is 463 g/mol. The van der Waals surface area contributed by atoms with Gasteiger partial charge < -0.3 is 14.5 Å². The summed E-state index contributed by atoms with van der Waals surface area (Å²) in [5.41, 5.74) is 3.85. The first-order chi connectivity index (χ1) is 16.6. The van der Waals surface area contributed by atoms with Crippen LogP contribution in [0.4, 0.5) is 0 Å². The lowest BCUT2D eigenvalue weighted by atomic mass is 10.1. The van der Waals surface area contributed by atoms with Gasteiger partial charge in [-0.05, 0) is 25.0 Å². The Hall–Kier alpha value is -3.00. The molecule has 1 fully saturated rings. The van der Waals surface area contributed by atoms with Crippen molar-refractivity contribution in [3.05, 3.63) is 89.1 Å². The number of hydrogen-bond acceptors (Lipinski definition) is 6. The van der Waals surface area contributed by atoms with E-state index in [0.29, 0.717) is 18.1 Å².